The quantitative estimate of drug-likeness (QED) is 0.871. The van der Waals surface area contributed by atoms with E-state index in [1.165, 1.54) is 18.4 Å². The molecule has 2 fully saturated rings. The molecule has 1 amide bonds. The van der Waals surface area contributed by atoms with E-state index < -0.39 is 0 Å². The van der Waals surface area contributed by atoms with Gasteiger partial charge in [-0.25, -0.2) is 0 Å². The summed E-state index contributed by atoms with van der Waals surface area (Å²) in [5.41, 5.74) is 5.33. The van der Waals surface area contributed by atoms with Gasteiger partial charge >= 0.3 is 0 Å². The highest BCUT2D eigenvalue weighted by Gasteiger charge is 2.38. The first kappa shape index (κ1) is 15.4. The molecule has 0 bridgehead atoms. The van der Waals surface area contributed by atoms with Crippen molar-refractivity contribution in [3.8, 4) is 0 Å². The van der Waals surface area contributed by atoms with Gasteiger partial charge in [-0.2, -0.15) is 10.2 Å². The van der Waals surface area contributed by atoms with E-state index in [0.29, 0.717) is 5.92 Å². The van der Waals surface area contributed by atoms with E-state index in [1.807, 2.05) is 35.3 Å². The summed E-state index contributed by atoms with van der Waals surface area (Å²) in [5, 5.41) is 8.90. The molecule has 1 aliphatic heterocycles. The van der Waals surface area contributed by atoms with Crippen LogP contribution in [0.25, 0.3) is 0 Å². The Bertz CT molecular complexity index is 799. The van der Waals surface area contributed by atoms with Gasteiger partial charge in [-0.15, -0.1) is 0 Å². The van der Waals surface area contributed by atoms with Crippen molar-refractivity contribution in [2.75, 3.05) is 6.54 Å². The van der Waals surface area contributed by atoms with Gasteiger partial charge in [0.05, 0.1) is 29.2 Å². The number of likely N-dealkylation sites (tertiary alicyclic amines) is 1. The van der Waals surface area contributed by atoms with E-state index in [1.54, 1.807) is 6.20 Å². The molecule has 0 spiro atoms. The molecule has 2 aliphatic rings. The van der Waals surface area contributed by atoms with Crippen LogP contribution in [-0.2, 0) is 14.1 Å². The van der Waals surface area contributed by atoms with Crippen LogP contribution in [0.4, 0.5) is 0 Å². The predicted molar refractivity (Wildman–Crippen MR) is 90.9 cm³/mol. The third kappa shape index (κ3) is 2.27. The minimum atomic E-state index is 0.134. The summed E-state index contributed by atoms with van der Waals surface area (Å²) < 4.78 is 3.81. The summed E-state index contributed by atoms with van der Waals surface area (Å²) >= 11 is 0. The molecule has 4 rings (SSSR count). The lowest BCUT2D eigenvalue weighted by atomic mass is 10.0. The highest BCUT2D eigenvalue weighted by molar-refractivity contribution is 5.96. The van der Waals surface area contributed by atoms with E-state index >= 15 is 0 Å². The summed E-state index contributed by atoms with van der Waals surface area (Å²) in [6, 6.07) is 0.137. The van der Waals surface area contributed by atoms with Crippen LogP contribution in [0.1, 0.15) is 70.6 Å². The number of carbonyl (C=O) groups is 1. The number of nitrogens with zero attached hydrogens (tertiary/aromatic N) is 5. The maximum absolute atomic E-state index is 13.3. The largest absolute Gasteiger partial charge is 0.331 e. The zero-order valence-electron chi connectivity index (χ0n) is 14.9. The van der Waals surface area contributed by atoms with Gasteiger partial charge in [-0.3, -0.25) is 14.2 Å². The highest BCUT2D eigenvalue weighted by atomic mass is 16.2. The van der Waals surface area contributed by atoms with Crippen molar-refractivity contribution in [2.24, 2.45) is 14.1 Å². The van der Waals surface area contributed by atoms with Crippen LogP contribution in [-0.4, -0.2) is 36.9 Å². The van der Waals surface area contributed by atoms with Crippen molar-refractivity contribution in [1.82, 2.24) is 24.5 Å². The number of hydrogen-bond donors (Lipinski definition) is 0. The minimum absolute atomic E-state index is 0.134. The third-order valence-corrected chi connectivity index (χ3v) is 5.59. The summed E-state index contributed by atoms with van der Waals surface area (Å²) in [6.07, 6.45) is 6.16. The molecule has 0 N–H and O–H groups in total. The molecule has 0 unspecified atom stereocenters. The Morgan fingerprint density at radius 3 is 2.54 bits per heavy atom. The Labute approximate surface area is 142 Å². The SMILES string of the molecule is Cc1nn(C)c(C)c1[C@@H]1CCCN1C(=O)c1cnn(C)c1C1CC1. The zero-order chi connectivity index (χ0) is 17.0. The van der Waals surface area contributed by atoms with Gasteiger partial charge in [0.1, 0.15) is 0 Å². The lowest BCUT2D eigenvalue weighted by Gasteiger charge is -2.25. The second kappa shape index (κ2) is 5.46. The predicted octanol–water partition coefficient (Wildman–Crippen LogP) is 2.63. The molecule has 6 heteroatoms. The first-order valence-corrected chi connectivity index (χ1v) is 8.82. The molecule has 1 saturated heterocycles. The van der Waals surface area contributed by atoms with Gasteiger partial charge < -0.3 is 4.90 Å². The Morgan fingerprint density at radius 2 is 1.92 bits per heavy atom. The average Bonchev–Trinajstić information content (AvgIpc) is 3.04. The fourth-order valence-electron chi connectivity index (χ4n) is 4.19. The first-order valence-electron chi connectivity index (χ1n) is 8.82. The Hall–Kier alpha value is -2.11. The van der Waals surface area contributed by atoms with Crippen molar-refractivity contribution in [1.29, 1.82) is 0 Å². The lowest BCUT2D eigenvalue weighted by Crippen LogP contribution is -2.31. The van der Waals surface area contributed by atoms with Gasteiger partial charge in [-0.1, -0.05) is 0 Å². The third-order valence-electron chi connectivity index (χ3n) is 5.59. The van der Waals surface area contributed by atoms with Crippen LogP contribution in [0, 0.1) is 13.8 Å². The normalized spacial score (nSPS) is 20.8. The summed E-state index contributed by atoms with van der Waals surface area (Å²) in [5.74, 6) is 0.648. The lowest BCUT2D eigenvalue weighted by molar-refractivity contribution is 0.0733. The minimum Gasteiger partial charge on any atom is -0.331 e. The van der Waals surface area contributed by atoms with Crippen molar-refractivity contribution in [3.63, 3.8) is 0 Å². The second-order valence-corrected chi connectivity index (χ2v) is 7.21. The number of aromatic nitrogens is 4. The molecule has 1 saturated carbocycles. The zero-order valence-corrected chi connectivity index (χ0v) is 14.9. The van der Waals surface area contributed by atoms with E-state index in [-0.39, 0.29) is 11.9 Å². The molecule has 128 valence electrons. The van der Waals surface area contributed by atoms with Gasteiger partial charge in [0.15, 0.2) is 0 Å². The molecule has 2 aromatic heterocycles. The number of rotatable bonds is 3. The number of amides is 1. The summed E-state index contributed by atoms with van der Waals surface area (Å²) in [6.45, 7) is 4.95. The van der Waals surface area contributed by atoms with Crippen LogP contribution < -0.4 is 0 Å². The molecular formula is C18H25N5O. The van der Waals surface area contributed by atoms with E-state index in [2.05, 4.69) is 17.1 Å². The van der Waals surface area contributed by atoms with E-state index in [9.17, 15) is 4.79 Å². The molecule has 1 aliphatic carbocycles. The average molecular weight is 327 g/mol. The van der Waals surface area contributed by atoms with Crippen LogP contribution in [0.5, 0.6) is 0 Å². The first-order chi connectivity index (χ1) is 11.5. The molecule has 1 atom stereocenters. The highest BCUT2D eigenvalue weighted by Crippen LogP contribution is 2.43. The molecule has 3 heterocycles. The summed E-state index contributed by atoms with van der Waals surface area (Å²) in [7, 11) is 3.92. The fraction of sp³-hybridized carbons (Fsp3) is 0.611. The smallest absolute Gasteiger partial charge is 0.257 e. The number of hydrogen-bond acceptors (Lipinski definition) is 3. The number of carbonyl (C=O) groups excluding carboxylic acids is 1. The van der Waals surface area contributed by atoms with Crippen molar-refractivity contribution in [2.45, 2.75) is 51.5 Å². The monoisotopic (exact) mass is 327 g/mol. The maximum atomic E-state index is 13.3. The van der Waals surface area contributed by atoms with Crippen molar-refractivity contribution < 1.29 is 4.79 Å². The second-order valence-electron chi connectivity index (χ2n) is 7.21. The van der Waals surface area contributed by atoms with Crippen molar-refractivity contribution >= 4 is 5.91 Å². The molecule has 2 aromatic rings. The van der Waals surface area contributed by atoms with Crippen molar-refractivity contribution in [3.05, 3.63) is 34.4 Å². The fourth-order valence-corrected chi connectivity index (χ4v) is 4.19. The molecule has 0 aromatic carbocycles. The van der Waals surface area contributed by atoms with E-state index in [4.69, 9.17) is 0 Å². The number of aryl methyl sites for hydroxylation is 3. The molecule has 0 radical (unpaired) electrons. The Balaban J connectivity index is 1.69. The van der Waals surface area contributed by atoms with Crippen LogP contribution in [0.3, 0.4) is 0 Å². The van der Waals surface area contributed by atoms with Crippen LogP contribution >= 0.6 is 0 Å². The Morgan fingerprint density at radius 1 is 1.17 bits per heavy atom. The maximum Gasteiger partial charge on any atom is 0.257 e. The van der Waals surface area contributed by atoms with Gasteiger partial charge in [-0.05, 0) is 39.5 Å². The van der Waals surface area contributed by atoms with Gasteiger partial charge in [0.25, 0.3) is 5.91 Å². The molecule has 6 nitrogen and oxygen atoms in total. The summed E-state index contributed by atoms with van der Waals surface area (Å²) in [4.78, 5) is 15.3. The van der Waals surface area contributed by atoms with Gasteiger partial charge in [0.2, 0.25) is 0 Å². The topological polar surface area (TPSA) is 56.0 Å². The molecular weight excluding hydrogens is 302 g/mol. The standard InChI is InChI=1S/C18H25N5O/c1-11-16(12(2)21(3)20-11)15-6-5-9-23(15)18(24)14-10-19-22(4)17(14)13-7-8-13/h10,13,15H,5-9H2,1-4H3/t15-/m0/s1. The van der Waals surface area contributed by atoms with Crippen LogP contribution in [0.2, 0.25) is 0 Å². The van der Waals surface area contributed by atoms with Gasteiger partial charge in [0, 0.05) is 37.8 Å². The van der Waals surface area contributed by atoms with E-state index in [0.717, 1.165) is 42.0 Å². The molecule has 24 heavy (non-hydrogen) atoms. The Kier molecular flexibility index (Phi) is 3.51. The van der Waals surface area contributed by atoms with Crippen LogP contribution in [0.15, 0.2) is 6.20 Å².